The van der Waals surface area contributed by atoms with Crippen molar-refractivity contribution in [2.45, 2.75) is 71.5 Å². The third-order valence-electron chi connectivity index (χ3n) is 4.40. The third kappa shape index (κ3) is 10.1. The molecule has 2 unspecified atom stereocenters. The fourth-order valence-electron chi connectivity index (χ4n) is 3.06. The summed E-state index contributed by atoms with van der Waals surface area (Å²) in [5.41, 5.74) is 5.85. The van der Waals surface area contributed by atoms with Crippen LogP contribution < -0.4 is 21.7 Å². The SMILES string of the molecule is CC(C)C(=O)C(CCCNC(N)=O)NC(=O)C(Cc1ccccc1)NC(C)(C)C. The first kappa shape index (κ1) is 24.6. The summed E-state index contributed by atoms with van der Waals surface area (Å²) < 4.78 is 0. The predicted octanol–water partition coefficient (Wildman–Crippen LogP) is 2.14. The molecule has 0 aliphatic heterocycles. The average Bonchev–Trinajstić information content (AvgIpc) is 2.62. The number of ketones is 1. The first-order valence-electron chi connectivity index (χ1n) is 10.2. The van der Waals surface area contributed by atoms with E-state index in [9.17, 15) is 14.4 Å². The number of carbonyl (C=O) groups is 3. The van der Waals surface area contributed by atoms with Crippen molar-refractivity contribution in [2.24, 2.45) is 11.7 Å². The fourth-order valence-corrected chi connectivity index (χ4v) is 3.06. The topological polar surface area (TPSA) is 113 Å². The van der Waals surface area contributed by atoms with Crippen LogP contribution in [0.3, 0.4) is 0 Å². The van der Waals surface area contributed by atoms with Gasteiger partial charge in [0, 0.05) is 18.0 Å². The molecule has 0 bridgehead atoms. The molecule has 7 nitrogen and oxygen atoms in total. The van der Waals surface area contributed by atoms with E-state index in [2.05, 4.69) is 16.0 Å². The number of hydrogen-bond donors (Lipinski definition) is 4. The largest absolute Gasteiger partial charge is 0.352 e. The average molecular weight is 405 g/mol. The van der Waals surface area contributed by atoms with Gasteiger partial charge in [-0.3, -0.25) is 9.59 Å². The third-order valence-corrected chi connectivity index (χ3v) is 4.40. The zero-order valence-corrected chi connectivity index (χ0v) is 18.2. The van der Waals surface area contributed by atoms with Gasteiger partial charge in [-0.05, 0) is 45.6 Å². The Bertz CT molecular complexity index is 668. The van der Waals surface area contributed by atoms with Gasteiger partial charge in [0.25, 0.3) is 0 Å². The maximum atomic E-state index is 13.1. The Kier molecular flexibility index (Phi) is 9.81. The number of rotatable bonds is 11. The molecule has 0 radical (unpaired) electrons. The van der Waals surface area contributed by atoms with Crippen molar-refractivity contribution in [3.8, 4) is 0 Å². The van der Waals surface area contributed by atoms with Crippen molar-refractivity contribution in [2.75, 3.05) is 6.54 Å². The van der Waals surface area contributed by atoms with Crippen LogP contribution in [0.1, 0.15) is 53.0 Å². The summed E-state index contributed by atoms with van der Waals surface area (Å²) >= 11 is 0. The smallest absolute Gasteiger partial charge is 0.312 e. The number of nitrogens with two attached hydrogens (primary N) is 1. The van der Waals surface area contributed by atoms with Crippen molar-refractivity contribution in [3.63, 3.8) is 0 Å². The number of carbonyl (C=O) groups excluding carboxylic acids is 3. The summed E-state index contributed by atoms with van der Waals surface area (Å²) in [4.78, 5) is 36.5. The van der Waals surface area contributed by atoms with E-state index in [4.69, 9.17) is 5.73 Å². The van der Waals surface area contributed by atoms with Crippen molar-refractivity contribution >= 4 is 17.7 Å². The van der Waals surface area contributed by atoms with Crippen LogP contribution in [0.2, 0.25) is 0 Å². The maximum absolute atomic E-state index is 13.1. The zero-order chi connectivity index (χ0) is 22.0. The first-order chi connectivity index (χ1) is 13.5. The number of nitrogens with one attached hydrogen (secondary N) is 3. The van der Waals surface area contributed by atoms with Gasteiger partial charge in [0.15, 0.2) is 5.78 Å². The van der Waals surface area contributed by atoms with Gasteiger partial charge in [-0.15, -0.1) is 0 Å². The lowest BCUT2D eigenvalue weighted by Crippen LogP contribution is -2.56. The normalized spacial score (nSPS) is 13.6. The highest BCUT2D eigenvalue weighted by Gasteiger charge is 2.29. The zero-order valence-electron chi connectivity index (χ0n) is 18.2. The van der Waals surface area contributed by atoms with E-state index in [1.54, 1.807) is 0 Å². The van der Waals surface area contributed by atoms with Gasteiger partial charge in [0.2, 0.25) is 5.91 Å². The standard InChI is InChI=1S/C22H36N4O3/c1-15(2)19(27)17(12-9-13-24-21(23)29)25-20(28)18(26-22(3,4)5)14-16-10-7-6-8-11-16/h6-8,10-11,15,17-18,26H,9,12-14H2,1-5H3,(H,25,28)(H3,23,24,29). The van der Waals surface area contributed by atoms with E-state index in [0.29, 0.717) is 25.8 Å². The monoisotopic (exact) mass is 404 g/mol. The second-order valence-electron chi connectivity index (χ2n) is 8.69. The minimum atomic E-state index is -0.600. The van der Waals surface area contributed by atoms with E-state index >= 15 is 0 Å². The highest BCUT2D eigenvalue weighted by Crippen LogP contribution is 2.11. The predicted molar refractivity (Wildman–Crippen MR) is 115 cm³/mol. The molecular formula is C22H36N4O3. The first-order valence-corrected chi connectivity index (χ1v) is 10.2. The van der Waals surface area contributed by atoms with Crippen LogP contribution in [0.4, 0.5) is 4.79 Å². The number of urea groups is 1. The summed E-state index contributed by atoms with van der Waals surface area (Å²) in [6.45, 7) is 10.0. The fraction of sp³-hybridized carbons (Fsp3) is 0.591. The Hall–Kier alpha value is -2.41. The Morgan fingerprint density at radius 3 is 2.17 bits per heavy atom. The highest BCUT2D eigenvalue weighted by molar-refractivity contribution is 5.92. The Labute approximate surface area is 174 Å². The second-order valence-corrected chi connectivity index (χ2v) is 8.69. The van der Waals surface area contributed by atoms with Crippen LogP contribution in [0, 0.1) is 5.92 Å². The molecule has 5 N–H and O–H groups in total. The molecule has 0 aliphatic carbocycles. The van der Waals surface area contributed by atoms with Crippen molar-refractivity contribution in [1.82, 2.24) is 16.0 Å². The van der Waals surface area contributed by atoms with Gasteiger partial charge in [-0.2, -0.15) is 0 Å². The highest BCUT2D eigenvalue weighted by atomic mass is 16.2. The summed E-state index contributed by atoms with van der Waals surface area (Å²) in [6.07, 6.45) is 1.51. The van der Waals surface area contributed by atoms with Gasteiger partial charge < -0.3 is 21.7 Å². The van der Waals surface area contributed by atoms with Crippen molar-refractivity contribution in [3.05, 3.63) is 35.9 Å². The molecular weight excluding hydrogens is 368 g/mol. The molecule has 1 aromatic rings. The summed E-state index contributed by atoms with van der Waals surface area (Å²) in [5.74, 6) is -0.426. The van der Waals surface area contributed by atoms with E-state index in [-0.39, 0.29) is 23.1 Å². The van der Waals surface area contributed by atoms with Gasteiger partial charge in [0.1, 0.15) is 0 Å². The van der Waals surface area contributed by atoms with Crippen LogP contribution in [0.15, 0.2) is 30.3 Å². The quantitative estimate of drug-likeness (QED) is 0.423. The minimum absolute atomic E-state index is 0.0216. The molecule has 1 aromatic carbocycles. The van der Waals surface area contributed by atoms with Gasteiger partial charge in [-0.1, -0.05) is 44.2 Å². The van der Waals surface area contributed by atoms with E-state index in [1.165, 1.54) is 0 Å². The van der Waals surface area contributed by atoms with Gasteiger partial charge in [0.05, 0.1) is 12.1 Å². The van der Waals surface area contributed by atoms with Crippen molar-refractivity contribution in [1.29, 1.82) is 0 Å². The number of benzene rings is 1. The molecule has 3 amide bonds. The van der Waals surface area contributed by atoms with Crippen LogP contribution in [-0.4, -0.2) is 41.9 Å². The molecule has 29 heavy (non-hydrogen) atoms. The number of amides is 3. The molecule has 0 heterocycles. The second kappa shape index (κ2) is 11.6. The lowest BCUT2D eigenvalue weighted by atomic mass is 9.96. The number of Topliss-reactive ketones (excluding diaryl/α,β-unsaturated/α-hetero) is 1. The summed E-state index contributed by atoms with van der Waals surface area (Å²) in [7, 11) is 0. The Morgan fingerprint density at radius 2 is 1.66 bits per heavy atom. The van der Waals surface area contributed by atoms with E-state index in [0.717, 1.165) is 5.56 Å². The number of hydrogen-bond acceptors (Lipinski definition) is 4. The van der Waals surface area contributed by atoms with E-state index in [1.807, 2.05) is 65.0 Å². The summed E-state index contributed by atoms with van der Waals surface area (Å²) in [6, 6.07) is 8.12. The molecule has 2 atom stereocenters. The molecule has 0 spiro atoms. The van der Waals surface area contributed by atoms with Crippen LogP contribution in [0.5, 0.6) is 0 Å². The van der Waals surface area contributed by atoms with Crippen molar-refractivity contribution < 1.29 is 14.4 Å². The molecule has 0 saturated carbocycles. The molecule has 162 valence electrons. The lowest BCUT2D eigenvalue weighted by molar-refractivity contribution is -0.130. The summed E-state index contributed by atoms with van der Waals surface area (Å²) in [5, 5.41) is 8.81. The molecule has 7 heteroatoms. The molecule has 0 aromatic heterocycles. The molecule has 0 aliphatic rings. The number of primary amides is 1. The van der Waals surface area contributed by atoms with Crippen LogP contribution in [0.25, 0.3) is 0 Å². The van der Waals surface area contributed by atoms with Gasteiger partial charge >= 0.3 is 6.03 Å². The van der Waals surface area contributed by atoms with Gasteiger partial charge in [-0.25, -0.2) is 4.79 Å². The molecule has 1 rings (SSSR count). The minimum Gasteiger partial charge on any atom is -0.352 e. The van der Waals surface area contributed by atoms with Crippen LogP contribution in [-0.2, 0) is 16.0 Å². The Balaban J connectivity index is 2.88. The Morgan fingerprint density at radius 1 is 1.03 bits per heavy atom. The van der Waals surface area contributed by atoms with Crippen LogP contribution >= 0.6 is 0 Å². The molecule has 0 saturated heterocycles. The maximum Gasteiger partial charge on any atom is 0.312 e. The molecule has 0 fully saturated rings. The lowest BCUT2D eigenvalue weighted by Gasteiger charge is -2.30. The van der Waals surface area contributed by atoms with E-state index < -0.39 is 18.1 Å².